The molecule has 0 fully saturated rings. The van der Waals surface area contributed by atoms with Gasteiger partial charge in [-0.15, -0.1) is 0 Å². The zero-order valence-electron chi connectivity index (χ0n) is 12.0. The van der Waals surface area contributed by atoms with Crippen LogP contribution in [0.25, 0.3) is 11.1 Å². The van der Waals surface area contributed by atoms with Crippen molar-refractivity contribution in [3.63, 3.8) is 0 Å². The molecule has 0 amide bonds. The van der Waals surface area contributed by atoms with Gasteiger partial charge < -0.3 is 9.15 Å². The minimum absolute atomic E-state index is 0.0917. The highest BCUT2D eigenvalue weighted by atomic mass is 16.5. The fourth-order valence-corrected chi connectivity index (χ4v) is 2.21. The van der Waals surface area contributed by atoms with Crippen LogP contribution in [0.2, 0.25) is 0 Å². The molecule has 3 aromatic rings. The van der Waals surface area contributed by atoms with Crippen LogP contribution in [0.4, 0.5) is 0 Å². The molecule has 2 aromatic heterocycles. The first-order chi connectivity index (χ1) is 10.2. The second-order valence-corrected chi connectivity index (χ2v) is 4.87. The van der Waals surface area contributed by atoms with Crippen molar-refractivity contribution in [1.29, 1.82) is 0 Å². The second-order valence-electron chi connectivity index (χ2n) is 4.87. The molecule has 0 saturated carbocycles. The highest BCUT2D eigenvalue weighted by molar-refractivity contribution is 5.77. The Morgan fingerprint density at radius 2 is 2.00 bits per heavy atom. The van der Waals surface area contributed by atoms with Crippen LogP contribution < -0.4 is 10.3 Å². The third-order valence-electron chi connectivity index (χ3n) is 3.50. The number of para-hydroxylation sites is 1. The smallest absolute Gasteiger partial charge is 0.265 e. The number of furan rings is 1. The summed E-state index contributed by atoms with van der Waals surface area (Å²) in [5.74, 6) is 1.52. The summed E-state index contributed by atoms with van der Waals surface area (Å²) in [5.41, 5.74) is 1.15. The minimum Gasteiger partial charge on any atom is -0.492 e. The van der Waals surface area contributed by atoms with E-state index < -0.39 is 0 Å². The van der Waals surface area contributed by atoms with Crippen LogP contribution in [0.5, 0.6) is 5.75 Å². The number of benzene rings is 1. The number of ether oxygens (including phenoxy) is 1. The molecule has 1 aromatic carbocycles. The van der Waals surface area contributed by atoms with E-state index in [1.165, 1.54) is 6.33 Å². The van der Waals surface area contributed by atoms with Crippen LogP contribution in [0.3, 0.4) is 0 Å². The van der Waals surface area contributed by atoms with E-state index in [2.05, 4.69) is 4.98 Å². The third kappa shape index (κ3) is 2.54. The van der Waals surface area contributed by atoms with Crippen molar-refractivity contribution < 1.29 is 9.15 Å². The van der Waals surface area contributed by atoms with Gasteiger partial charge in [0.15, 0.2) is 0 Å². The first-order valence-electron chi connectivity index (χ1n) is 6.80. The molecule has 0 aliphatic rings. The van der Waals surface area contributed by atoms with Gasteiger partial charge in [0.2, 0.25) is 5.71 Å². The monoisotopic (exact) mass is 284 g/mol. The number of fused-ring (bicyclic) bond motifs is 1. The van der Waals surface area contributed by atoms with Gasteiger partial charge in [0, 0.05) is 5.56 Å². The van der Waals surface area contributed by atoms with E-state index in [1.807, 2.05) is 44.2 Å². The summed E-state index contributed by atoms with van der Waals surface area (Å²) in [4.78, 5) is 16.6. The van der Waals surface area contributed by atoms with Crippen molar-refractivity contribution in [2.75, 3.05) is 6.61 Å². The van der Waals surface area contributed by atoms with Gasteiger partial charge in [-0.3, -0.25) is 9.36 Å². The van der Waals surface area contributed by atoms with Gasteiger partial charge >= 0.3 is 0 Å². The maximum atomic E-state index is 12.4. The maximum absolute atomic E-state index is 12.4. The molecule has 0 spiro atoms. The Bertz CT molecular complexity index is 819. The molecule has 2 heterocycles. The Labute approximate surface area is 121 Å². The summed E-state index contributed by atoms with van der Waals surface area (Å²) < 4.78 is 12.6. The quantitative estimate of drug-likeness (QED) is 0.739. The van der Waals surface area contributed by atoms with Gasteiger partial charge in [0.1, 0.15) is 29.8 Å². The normalized spacial score (nSPS) is 11.0. The van der Waals surface area contributed by atoms with E-state index in [4.69, 9.17) is 9.15 Å². The fourth-order valence-electron chi connectivity index (χ4n) is 2.21. The molecule has 0 N–H and O–H groups in total. The number of rotatable bonds is 4. The molecule has 5 heteroatoms. The fraction of sp³-hybridized carbons (Fsp3) is 0.250. The third-order valence-corrected chi connectivity index (χ3v) is 3.50. The molecule has 0 atom stereocenters. The topological polar surface area (TPSA) is 57.3 Å². The SMILES string of the molecule is Cc1oc2ncn(CCOc3ccccc3)c(=O)c2c1C. The van der Waals surface area contributed by atoms with Crippen molar-refractivity contribution in [3.8, 4) is 5.75 Å². The molecule has 0 aliphatic carbocycles. The Balaban J connectivity index is 1.80. The van der Waals surface area contributed by atoms with E-state index in [1.54, 1.807) is 4.57 Å². The van der Waals surface area contributed by atoms with Gasteiger partial charge in [0.25, 0.3) is 5.56 Å². The molecular weight excluding hydrogens is 268 g/mol. The molecule has 0 radical (unpaired) electrons. The average Bonchev–Trinajstić information content (AvgIpc) is 2.78. The highest BCUT2D eigenvalue weighted by Gasteiger charge is 2.13. The lowest BCUT2D eigenvalue weighted by Crippen LogP contribution is -2.23. The van der Waals surface area contributed by atoms with Crippen molar-refractivity contribution in [1.82, 2.24) is 9.55 Å². The summed E-state index contributed by atoms with van der Waals surface area (Å²) in [6.45, 7) is 4.56. The van der Waals surface area contributed by atoms with Gasteiger partial charge in [-0.25, -0.2) is 4.98 Å². The Kier molecular flexibility index (Phi) is 3.48. The summed E-state index contributed by atoms with van der Waals surface area (Å²) in [6.07, 6.45) is 1.50. The number of hydrogen-bond donors (Lipinski definition) is 0. The first kappa shape index (κ1) is 13.4. The van der Waals surface area contributed by atoms with Gasteiger partial charge in [-0.05, 0) is 26.0 Å². The molecule has 0 aliphatic heterocycles. The van der Waals surface area contributed by atoms with E-state index in [0.717, 1.165) is 17.1 Å². The van der Waals surface area contributed by atoms with Crippen molar-refractivity contribution in [2.24, 2.45) is 0 Å². The number of hydrogen-bond acceptors (Lipinski definition) is 4. The second kappa shape index (κ2) is 5.44. The maximum Gasteiger partial charge on any atom is 0.265 e. The molecule has 3 rings (SSSR count). The molecule has 108 valence electrons. The lowest BCUT2D eigenvalue weighted by Gasteiger charge is -2.07. The lowest BCUT2D eigenvalue weighted by atomic mass is 10.2. The van der Waals surface area contributed by atoms with Crippen LogP contribution in [0.1, 0.15) is 11.3 Å². The predicted molar refractivity (Wildman–Crippen MR) is 79.7 cm³/mol. The molecule has 5 nitrogen and oxygen atoms in total. The highest BCUT2D eigenvalue weighted by Crippen LogP contribution is 2.19. The van der Waals surface area contributed by atoms with Gasteiger partial charge in [0.05, 0.1) is 6.54 Å². The Morgan fingerprint density at radius 1 is 1.24 bits per heavy atom. The molecule has 0 bridgehead atoms. The van der Waals surface area contributed by atoms with Gasteiger partial charge in [-0.1, -0.05) is 18.2 Å². The van der Waals surface area contributed by atoms with Crippen molar-refractivity contribution in [3.05, 3.63) is 58.3 Å². The molecule has 0 saturated heterocycles. The molecule has 21 heavy (non-hydrogen) atoms. The largest absolute Gasteiger partial charge is 0.492 e. The summed E-state index contributed by atoms with van der Waals surface area (Å²) in [6, 6.07) is 9.51. The lowest BCUT2D eigenvalue weighted by molar-refractivity contribution is 0.296. The number of nitrogens with zero attached hydrogens (tertiary/aromatic N) is 2. The zero-order valence-corrected chi connectivity index (χ0v) is 12.0. The minimum atomic E-state index is -0.0917. The first-order valence-corrected chi connectivity index (χ1v) is 6.80. The van der Waals surface area contributed by atoms with Gasteiger partial charge in [-0.2, -0.15) is 0 Å². The Hall–Kier alpha value is -2.56. The van der Waals surface area contributed by atoms with E-state index in [-0.39, 0.29) is 5.56 Å². The van der Waals surface area contributed by atoms with E-state index >= 15 is 0 Å². The summed E-state index contributed by atoms with van der Waals surface area (Å²) in [7, 11) is 0. The van der Waals surface area contributed by atoms with Crippen molar-refractivity contribution in [2.45, 2.75) is 20.4 Å². The van der Waals surface area contributed by atoms with Crippen LogP contribution in [-0.2, 0) is 6.54 Å². The standard InChI is InChI=1S/C16H16N2O3/c1-11-12(2)21-15-14(11)16(19)18(10-17-15)8-9-20-13-6-4-3-5-7-13/h3-7,10H,8-9H2,1-2H3. The Morgan fingerprint density at radius 3 is 2.76 bits per heavy atom. The number of aryl methyl sites for hydroxylation is 2. The van der Waals surface area contributed by atoms with Crippen LogP contribution in [0, 0.1) is 13.8 Å². The molecular formula is C16H16N2O3. The average molecular weight is 284 g/mol. The number of aromatic nitrogens is 2. The van der Waals surface area contributed by atoms with E-state index in [0.29, 0.717) is 24.3 Å². The van der Waals surface area contributed by atoms with E-state index in [9.17, 15) is 4.79 Å². The van der Waals surface area contributed by atoms with Crippen LogP contribution >= 0.6 is 0 Å². The predicted octanol–water partition coefficient (Wildman–Crippen LogP) is 2.69. The van der Waals surface area contributed by atoms with Crippen LogP contribution in [-0.4, -0.2) is 16.2 Å². The summed E-state index contributed by atoms with van der Waals surface area (Å²) in [5, 5.41) is 0.551. The van der Waals surface area contributed by atoms with Crippen molar-refractivity contribution >= 4 is 11.1 Å². The van der Waals surface area contributed by atoms with Crippen LogP contribution in [0.15, 0.2) is 45.9 Å². The zero-order chi connectivity index (χ0) is 14.8. The molecule has 0 unspecified atom stereocenters. The summed E-state index contributed by atoms with van der Waals surface area (Å²) >= 11 is 0.